The average Bonchev–Trinajstić information content (AvgIpc) is 2.93. The summed E-state index contributed by atoms with van der Waals surface area (Å²) in [5.74, 6) is 1.71. The van der Waals surface area contributed by atoms with Crippen molar-refractivity contribution in [1.29, 1.82) is 0 Å². The molecule has 152 valence electrons. The van der Waals surface area contributed by atoms with Gasteiger partial charge >= 0.3 is 0 Å². The van der Waals surface area contributed by atoms with Crippen LogP contribution in [0.1, 0.15) is 52.4 Å². The summed E-state index contributed by atoms with van der Waals surface area (Å²) >= 11 is 1.47. The minimum absolute atomic E-state index is 0.0913. The molecule has 1 aromatic heterocycles. The van der Waals surface area contributed by atoms with Crippen LogP contribution in [0.25, 0.3) is 11.4 Å². The number of carbonyl (C=O) groups excluding carboxylic acids is 1. The summed E-state index contributed by atoms with van der Waals surface area (Å²) < 4.78 is 7.28. The Morgan fingerprint density at radius 3 is 2.50 bits per heavy atom. The fourth-order valence-electron chi connectivity index (χ4n) is 3.57. The van der Waals surface area contributed by atoms with Crippen molar-refractivity contribution in [3.05, 3.63) is 24.3 Å². The maximum Gasteiger partial charge on any atom is 0.233 e. The van der Waals surface area contributed by atoms with E-state index in [0.29, 0.717) is 6.04 Å². The highest BCUT2D eigenvalue weighted by Crippen LogP contribution is 2.28. The van der Waals surface area contributed by atoms with Crippen LogP contribution in [-0.2, 0) is 11.3 Å². The van der Waals surface area contributed by atoms with Gasteiger partial charge in [0.1, 0.15) is 5.75 Å². The largest absolute Gasteiger partial charge is 0.497 e. The molecule has 2 aromatic rings. The molecule has 28 heavy (non-hydrogen) atoms. The first-order valence-electron chi connectivity index (χ1n) is 10.2. The standard InChI is InChI=1S/C21H30N4O2S/c1-4-25-19(16-11-13-18(27-3)14-12-16)23-24-21(25)28-15(2)20(26)22-17-9-7-5-6-8-10-17/h11-15,17H,4-10H2,1-3H3,(H,22,26)/t15-/m0/s1. The Bertz CT molecular complexity index is 767. The zero-order chi connectivity index (χ0) is 19.9. The summed E-state index contributed by atoms with van der Waals surface area (Å²) in [6.07, 6.45) is 7.17. The highest BCUT2D eigenvalue weighted by molar-refractivity contribution is 8.00. The Hall–Kier alpha value is -2.02. The first-order valence-corrected chi connectivity index (χ1v) is 11.0. The topological polar surface area (TPSA) is 69.0 Å². The Kier molecular flexibility index (Phi) is 7.36. The van der Waals surface area contributed by atoms with Gasteiger partial charge in [0.25, 0.3) is 0 Å². The van der Waals surface area contributed by atoms with Crippen LogP contribution >= 0.6 is 11.8 Å². The molecule has 1 amide bonds. The molecule has 0 saturated heterocycles. The van der Waals surface area contributed by atoms with Gasteiger partial charge in [0.05, 0.1) is 12.4 Å². The number of ether oxygens (including phenoxy) is 1. The molecule has 0 unspecified atom stereocenters. The van der Waals surface area contributed by atoms with Crippen LogP contribution in [-0.4, -0.2) is 39.1 Å². The summed E-state index contributed by atoms with van der Waals surface area (Å²) in [5.41, 5.74) is 0.984. The van der Waals surface area contributed by atoms with Crippen LogP contribution in [0.2, 0.25) is 0 Å². The molecule has 1 heterocycles. The first kappa shape index (κ1) is 20.7. The number of nitrogens with one attached hydrogen (secondary N) is 1. The van der Waals surface area contributed by atoms with Crippen molar-refractivity contribution >= 4 is 17.7 Å². The molecule has 1 aromatic carbocycles. The Labute approximate surface area is 171 Å². The van der Waals surface area contributed by atoms with Crippen molar-refractivity contribution < 1.29 is 9.53 Å². The maximum absolute atomic E-state index is 12.7. The van der Waals surface area contributed by atoms with E-state index in [9.17, 15) is 4.79 Å². The molecule has 0 spiro atoms. The van der Waals surface area contributed by atoms with Gasteiger partial charge in [-0.2, -0.15) is 0 Å². The number of methoxy groups -OCH3 is 1. The van der Waals surface area contributed by atoms with E-state index in [4.69, 9.17) is 4.74 Å². The number of thioether (sulfide) groups is 1. The number of rotatable bonds is 7. The summed E-state index contributed by atoms with van der Waals surface area (Å²) in [5, 5.41) is 12.5. The SMILES string of the molecule is CCn1c(S[C@@H](C)C(=O)NC2CCCCCC2)nnc1-c1ccc(OC)cc1. The normalized spacial score (nSPS) is 16.4. The number of amides is 1. The molecule has 1 aliphatic rings. The van der Waals surface area contributed by atoms with E-state index in [1.165, 1.54) is 37.4 Å². The van der Waals surface area contributed by atoms with Gasteiger partial charge in [-0.05, 0) is 51.0 Å². The molecule has 1 atom stereocenters. The monoisotopic (exact) mass is 402 g/mol. The van der Waals surface area contributed by atoms with Gasteiger partial charge in [0, 0.05) is 18.2 Å². The Morgan fingerprint density at radius 2 is 1.89 bits per heavy atom. The molecular weight excluding hydrogens is 372 g/mol. The van der Waals surface area contributed by atoms with Gasteiger partial charge in [-0.3, -0.25) is 4.79 Å². The highest BCUT2D eigenvalue weighted by atomic mass is 32.2. The minimum atomic E-state index is -0.207. The van der Waals surface area contributed by atoms with E-state index in [2.05, 4.69) is 27.0 Å². The molecule has 3 rings (SSSR count). The summed E-state index contributed by atoms with van der Waals surface area (Å²) in [7, 11) is 1.65. The van der Waals surface area contributed by atoms with Gasteiger partial charge in [-0.15, -0.1) is 10.2 Å². The Balaban J connectivity index is 1.67. The quantitative estimate of drug-likeness (QED) is 0.553. The van der Waals surface area contributed by atoms with Gasteiger partial charge in [0.2, 0.25) is 5.91 Å². The molecular formula is C21H30N4O2S. The lowest BCUT2D eigenvalue weighted by Gasteiger charge is -2.19. The summed E-state index contributed by atoms with van der Waals surface area (Å²) in [6, 6.07) is 8.10. The molecule has 6 nitrogen and oxygen atoms in total. The molecule has 7 heteroatoms. The van der Waals surface area contributed by atoms with E-state index in [-0.39, 0.29) is 11.2 Å². The summed E-state index contributed by atoms with van der Waals surface area (Å²) in [4.78, 5) is 12.7. The lowest BCUT2D eigenvalue weighted by atomic mass is 10.1. The lowest BCUT2D eigenvalue weighted by Crippen LogP contribution is -2.39. The zero-order valence-corrected chi connectivity index (χ0v) is 17.8. The van der Waals surface area contributed by atoms with Gasteiger partial charge in [-0.1, -0.05) is 37.4 Å². The van der Waals surface area contributed by atoms with E-state index in [1.807, 2.05) is 31.2 Å². The fourth-order valence-corrected chi connectivity index (χ4v) is 4.49. The average molecular weight is 403 g/mol. The number of aromatic nitrogens is 3. The van der Waals surface area contributed by atoms with Crippen LogP contribution in [0.3, 0.4) is 0 Å². The van der Waals surface area contributed by atoms with Crippen molar-refractivity contribution in [2.45, 2.75) is 75.4 Å². The third-order valence-electron chi connectivity index (χ3n) is 5.23. The zero-order valence-electron chi connectivity index (χ0n) is 17.0. The number of hydrogen-bond donors (Lipinski definition) is 1. The second-order valence-corrected chi connectivity index (χ2v) is 8.54. The predicted octanol–water partition coefficient (Wildman–Crippen LogP) is 4.29. The van der Waals surface area contributed by atoms with Gasteiger partial charge in [0.15, 0.2) is 11.0 Å². The smallest absolute Gasteiger partial charge is 0.233 e. The fraction of sp³-hybridized carbons (Fsp3) is 0.571. The Morgan fingerprint density at radius 1 is 1.21 bits per heavy atom. The molecule has 1 fully saturated rings. The predicted molar refractivity (Wildman–Crippen MR) is 113 cm³/mol. The number of benzene rings is 1. The van der Waals surface area contributed by atoms with Crippen LogP contribution in [0.15, 0.2) is 29.4 Å². The summed E-state index contributed by atoms with van der Waals surface area (Å²) in [6.45, 7) is 4.75. The minimum Gasteiger partial charge on any atom is -0.497 e. The highest BCUT2D eigenvalue weighted by Gasteiger charge is 2.23. The second kappa shape index (κ2) is 9.96. The lowest BCUT2D eigenvalue weighted by molar-refractivity contribution is -0.121. The number of carbonyl (C=O) groups is 1. The van der Waals surface area contributed by atoms with Gasteiger partial charge in [-0.25, -0.2) is 0 Å². The van der Waals surface area contributed by atoms with Crippen molar-refractivity contribution in [3.8, 4) is 17.1 Å². The van der Waals surface area contributed by atoms with Crippen LogP contribution in [0.4, 0.5) is 0 Å². The van der Waals surface area contributed by atoms with Gasteiger partial charge < -0.3 is 14.6 Å². The molecule has 1 saturated carbocycles. The van der Waals surface area contributed by atoms with E-state index >= 15 is 0 Å². The van der Waals surface area contributed by atoms with E-state index < -0.39 is 0 Å². The van der Waals surface area contributed by atoms with Crippen molar-refractivity contribution in [2.24, 2.45) is 0 Å². The molecule has 1 N–H and O–H groups in total. The number of nitrogens with zero attached hydrogens (tertiary/aromatic N) is 3. The van der Waals surface area contributed by atoms with Crippen LogP contribution in [0, 0.1) is 0 Å². The first-order chi connectivity index (χ1) is 13.6. The molecule has 1 aliphatic carbocycles. The molecule has 0 bridgehead atoms. The third-order valence-corrected chi connectivity index (χ3v) is 6.31. The van der Waals surface area contributed by atoms with Crippen molar-refractivity contribution in [2.75, 3.05) is 7.11 Å². The van der Waals surface area contributed by atoms with E-state index in [0.717, 1.165) is 41.7 Å². The third kappa shape index (κ3) is 5.07. The van der Waals surface area contributed by atoms with Crippen LogP contribution in [0.5, 0.6) is 5.75 Å². The van der Waals surface area contributed by atoms with Crippen molar-refractivity contribution in [1.82, 2.24) is 20.1 Å². The van der Waals surface area contributed by atoms with Crippen LogP contribution < -0.4 is 10.1 Å². The van der Waals surface area contributed by atoms with Crippen molar-refractivity contribution in [3.63, 3.8) is 0 Å². The second-order valence-electron chi connectivity index (χ2n) is 7.24. The van der Waals surface area contributed by atoms with E-state index in [1.54, 1.807) is 7.11 Å². The number of hydrogen-bond acceptors (Lipinski definition) is 5. The molecule has 0 aliphatic heterocycles. The molecule has 0 radical (unpaired) electrons. The maximum atomic E-state index is 12.7.